The highest BCUT2D eigenvalue weighted by Crippen LogP contribution is 2.33. The van der Waals surface area contributed by atoms with Crippen LogP contribution in [-0.2, 0) is 18.9 Å². The Morgan fingerprint density at radius 3 is 1.79 bits per heavy atom. The molecular weight excluding hydrogens is 368 g/mol. The number of aromatic carboxylic acids is 2. The summed E-state index contributed by atoms with van der Waals surface area (Å²) in [5.74, 6) is -2.49. The van der Waals surface area contributed by atoms with Gasteiger partial charge in [-0.25, -0.2) is 9.59 Å². The molecule has 1 aromatic rings. The number of hydrogen-bond donors (Lipinski definition) is 2. The van der Waals surface area contributed by atoms with E-state index >= 15 is 0 Å². The SMILES string of the molecule is CCOC(C)OC(C)c1ccc(C(=O)O)c(C(C)OC(C)OCC)c1C(=O)O. The fourth-order valence-corrected chi connectivity index (χ4v) is 3.09. The molecule has 0 aliphatic heterocycles. The number of rotatable bonds is 12. The molecule has 0 aliphatic carbocycles. The van der Waals surface area contributed by atoms with Crippen LogP contribution >= 0.6 is 0 Å². The van der Waals surface area contributed by atoms with Crippen molar-refractivity contribution in [2.45, 2.75) is 66.3 Å². The molecule has 0 aliphatic rings. The monoisotopic (exact) mass is 398 g/mol. The zero-order valence-corrected chi connectivity index (χ0v) is 17.2. The smallest absolute Gasteiger partial charge is 0.336 e. The molecule has 2 N–H and O–H groups in total. The predicted molar refractivity (Wildman–Crippen MR) is 102 cm³/mol. The summed E-state index contributed by atoms with van der Waals surface area (Å²) in [6.07, 6.45) is -2.63. The standard InChI is InChI=1S/C20H30O8/c1-7-25-13(5)27-11(3)15-9-10-16(19(21)22)17(18(15)20(23)24)12(4)28-14(6)26-8-2/h9-14H,7-8H2,1-6H3,(H,21,22)(H,23,24). The summed E-state index contributed by atoms with van der Waals surface area (Å²) in [5.41, 5.74) is 0.136. The van der Waals surface area contributed by atoms with E-state index in [2.05, 4.69) is 0 Å². The van der Waals surface area contributed by atoms with Crippen LogP contribution in [-0.4, -0.2) is 47.9 Å². The minimum Gasteiger partial charge on any atom is -0.478 e. The van der Waals surface area contributed by atoms with Gasteiger partial charge in [0.15, 0.2) is 12.6 Å². The third kappa shape index (κ3) is 6.27. The predicted octanol–water partition coefficient (Wildman–Crippen LogP) is 4.00. The van der Waals surface area contributed by atoms with E-state index in [9.17, 15) is 19.8 Å². The van der Waals surface area contributed by atoms with Crippen molar-refractivity contribution >= 4 is 11.9 Å². The summed E-state index contributed by atoms with van der Waals surface area (Å²) < 4.78 is 22.1. The first-order chi connectivity index (χ1) is 13.1. The van der Waals surface area contributed by atoms with Crippen LogP contribution in [0.5, 0.6) is 0 Å². The Morgan fingerprint density at radius 1 is 0.857 bits per heavy atom. The number of benzene rings is 1. The lowest BCUT2D eigenvalue weighted by atomic mass is 9.90. The molecule has 0 saturated heterocycles. The third-order valence-electron chi connectivity index (χ3n) is 4.16. The highest BCUT2D eigenvalue weighted by atomic mass is 16.7. The van der Waals surface area contributed by atoms with Gasteiger partial charge in [0, 0.05) is 18.8 Å². The molecule has 8 heteroatoms. The summed E-state index contributed by atoms with van der Waals surface area (Å²) in [7, 11) is 0. The minimum atomic E-state index is -1.26. The highest BCUT2D eigenvalue weighted by molar-refractivity contribution is 5.98. The summed E-state index contributed by atoms with van der Waals surface area (Å²) >= 11 is 0. The van der Waals surface area contributed by atoms with Crippen LogP contribution in [0.2, 0.25) is 0 Å². The first-order valence-corrected chi connectivity index (χ1v) is 9.31. The topological polar surface area (TPSA) is 112 Å². The molecule has 0 heterocycles. The average molecular weight is 398 g/mol. The first kappa shape index (κ1) is 24.0. The van der Waals surface area contributed by atoms with Crippen LogP contribution in [0, 0.1) is 0 Å². The molecule has 158 valence electrons. The molecular formula is C20H30O8. The Morgan fingerprint density at radius 2 is 1.36 bits per heavy atom. The van der Waals surface area contributed by atoms with Crippen molar-refractivity contribution in [2.24, 2.45) is 0 Å². The quantitative estimate of drug-likeness (QED) is 0.508. The van der Waals surface area contributed by atoms with Crippen molar-refractivity contribution in [3.63, 3.8) is 0 Å². The molecule has 8 nitrogen and oxygen atoms in total. The van der Waals surface area contributed by atoms with E-state index in [1.165, 1.54) is 12.1 Å². The zero-order valence-electron chi connectivity index (χ0n) is 17.2. The van der Waals surface area contributed by atoms with E-state index in [1.807, 2.05) is 6.92 Å². The van der Waals surface area contributed by atoms with Crippen LogP contribution < -0.4 is 0 Å². The molecule has 0 saturated carbocycles. The molecule has 0 bridgehead atoms. The van der Waals surface area contributed by atoms with Crippen molar-refractivity contribution in [2.75, 3.05) is 13.2 Å². The maximum atomic E-state index is 12.1. The van der Waals surface area contributed by atoms with Gasteiger partial charge in [-0.05, 0) is 53.2 Å². The second-order valence-corrected chi connectivity index (χ2v) is 6.20. The highest BCUT2D eigenvalue weighted by Gasteiger charge is 2.29. The van der Waals surface area contributed by atoms with Gasteiger partial charge in [0.1, 0.15) is 0 Å². The van der Waals surface area contributed by atoms with Crippen molar-refractivity contribution in [1.82, 2.24) is 0 Å². The van der Waals surface area contributed by atoms with Gasteiger partial charge < -0.3 is 29.2 Å². The van der Waals surface area contributed by atoms with Crippen LogP contribution in [0.25, 0.3) is 0 Å². The van der Waals surface area contributed by atoms with Crippen molar-refractivity contribution in [3.8, 4) is 0 Å². The van der Waals surface area contributed by atoms with E-state index in [4.69, 9.17) is 18.9 Å². The van der Waals surface area contributed by atoms with Crippen molar-refractivity contribution in [3.05, 3.63) is 34.4 Å². The Labute approximate surface area is 165 Å². The Balaban J connectivity index is 3.44. The average Bonchev–Trinajstić information content (AvgIpc) is 2.60. The number of ether oxygens (including phenoxy) is 4. The van der Waals surface area contributed by atoms with E-state index in [-0.39, 0.29) is 16.7 Å². The maximum absolute atomic E-state index is 12.1. The van der Waals surface area contributed by atoms with E-state index in [0.29, 0.717) is 18.8 Å². The van der Waals surface area contributed by atoms with Crippen molar-refractivity contribution < 1.29 is 38.7 Å². The Hall–Kier alpha value is -2.00. The summed E-state index contributed by atoms with van der Waals surface area (Å²) in [6.45, 7) is 11.1. The fourth-order valence-electron chi connectivity index (χ4n) is 3.09. The van der Waals surface area contributed by atoms with Gasteiger partial charge >= 0.3 is 11.9 Å². The molecule has 0 amide bonds. The molecule has 0 radical (unpaired) electrons. The number of hydrogen-bond acceptors (Lipinski definition) is 6. The van der Waals surface area contributed by atoms with Gasteiger partial charge in [-0.15, -0.1) is 0 Å². The third-order valence-corrected chi connectivity index (χ3v) is 4.16. The molecule has 0 aromatic heterocycles. The first-order valence-electron chi connectivity index (χ1n) is 9.31. The van der Waals surface area contributed by atoms with Crippen LogP contribution in [0.4, 0.5) is 0 Å². The minimum absolute atomic E-state index is 0.0727. The zero-order chi connectivity index (χ0) is 21.4. The van der Waals surface area contributed by atoms with E-state index < -0.39 is 36.7 Å². The largest absolute Gasteiger partial charge is 0.478 e. The molecule has 1 aromatic carbocycles. The number of carbonyl (C=O) groups is 2. The lowest BCUT2D eigenvalue weighted by molar-refractivity contribution is -0.156. The molecule has 1 rings (SSSR count). The summed E-state index contributed by atoms with van der Waals surface area (Å²) in [4.78, 5) is 23.8. The second kappa shape index (κ2) is 11.1. The fraction of sp³-hybridized carbons (Fsp3) is 0.600. The van der Waals surface area contributed by atoms with Gasteiger partial charge in [0.2, 0.25) is 0 Å². The molecule has 4 unspecified atom stereocenters. The van der Waals surface area contributed by atoms with Gasteiger partial charge in [-0.2, -0.15) is 0 Å². The summed E-state index contributed by atoms with van der Waals surface area (Å²) in [6, 6.07) is 2.83. The summed E-state index contributed by atoms with van der Waals surface area (Å²) in [5, 5.41) is 19.4. The Kier molecular flexibility index (Phi) is 9.54. The van der Waals surface area contributed by atoms with E-state index in [0.717, 1.165) is 0 Å². The molecule has 0 spiro atoms. The molecule has 4 atom stereocenters. The number of carboxylic acids is 2. The second-order valence-electron chi connectivity index (χ2n) is 6.20. The molecule has 0 fully saturated rings. The van der Waals surface area contributed by atoms with Gasteiger partial charge in [-0.1, -0.05) is 6.07 Å². The van der Waals surface area contributed by atoms with Crippen LogP contribution in [0.3, 0.4) is 0 Å². The Bertz CT molecular complexity index is 672. The van der Waals surface area contributed by atoms with Crippen molar-refractivity contribution in [1.29, 1.82) is 0 Å². The van der Waals surface area contributed by atoms with E-state index in [1.54, 1.807) is 34.6 Å². The van der Waals surface area contributed by atoms with Gasteiger partial charge in [-0.3, -0.25) is 0 Å². The lowest BCUT2D eigenvalue weighted by Crippen LogP contribution is -2.23. The van der Waals surface area contributed by atoms with Gasteiger partial charge in [0.25, 0.3) is 0 Å². The normalized spacial score (nSPS) is 15.6. The van der Waals surface area contributed by atoms with Crippen LogP contribution in [0.15, 0.2) is 12.1 Å². The molecule has 28 heavy (non-hydrogen) atoms. The lowest BCUT2D eigenvalue weighted by Gasteiger charge is -2.26. The maximum Gasteiger partial charge on any atom is 0.336 e. The van der Waals surface area contributed by atoms with Crippen LogP contribution in [0.1, 0.15) is 85.6 Å². The van der Waals surface area contributed by atoms with Gasteiger partial charge in [0.05, 0.1) is 23.3 Å². The number of carboxylic acid groups (broad SMARTS) is 2.